The van der Waals surface area contributed by atoms with Gasteiger partial charge in [0.15, 0.2) is 0 Å². The smallest absolute Gasteiger partial charge is 0.306 e. The monoisotopic (exact) mass is 347 g/mol. The molecule has 0 heterocycles. The van der Waals surface area contributed by atoms with Crippen LogP contribution < -0.4 is 10.1 Å². The van der Waals surface area contributed by atoms with Gasteiger partial charge in [-0.1, -0.05) is 30.7 Å². The van der Waals surface area contributed by atoms with E-state index in [2.05, 4.69) is 5.32 Å². The van der Waals surface area contributed by atoms with Crippen molar-refractivity contribution in [3.05, 3.63) is 59.1 Å². The Morgan fingerprint density at radius 1 is 1.17 bits per heavy atom. The second kappa shape index (κ2) is 9.18. The Bertz CT molecular complexity index is 641. The summed E-state index contributed by atoms with van der Waals surface area (Å²) in [5.74, 6) is -0.354. The van der Waals surface area contributed by atoms with Gasteiger partial charge in [0.05, 0.1) is 12.5 Å². The summed E-state index contributed by atoms with van der Waals surface area (Å²) in [7, 11) is 0. The molecule has 0 aromatic heterocycles. The fourth-order valence-corrected chi connectivity index (χ4v) is 2.35. The van der Waals surface area contributed by atoms with Crippen molar-refractivity contribution >= 4 is 23.3 Å². The minimum atomic E-state index is -0.775. The summed E-state index contributed by atoms with van der Waals surface area (Å²) in [4.78, 5) is 10.9. The van der Waals surface area contributed by atoms with Crippen LogP contribution in [0.3, 0.4) is 0 Å². The van der Waals surface area contributed by atoms with Crippen molar-refractivity contribution in [1.29, 1.82) is 0 Å². The molecule has 0 saturated carbocycles. The molecule has 0 aliphatic heterocycles. The van der Waals surface area contributed by atoms with Crippen molar-refractivity contribution in [3.63, 3.8) is 0 Å². The second-order valence-corrected chi connectivity index (χ2v) is 6.16. The Hall–Kier alpha value is -2.20. The largest absolute Gasteiger partial charge is 0.494 e. The van der Waals surface area contributed by atoms with E-state index in [-0.39, 0.29) is 5.92 Å². The van der Waals surface area contributed by atoms with Gasteiger partial charge in [-0.05, 0) is 54.8 Å². The molecular formula is C19H22ClNO3. The Labute approximate surface area is 147 Å². The Morgan fingerprint density at radius 2 is 1.83 bits per heavy atom. The van der Waals surface area contributed by atoms with E-state index in [0.717, 1.165) is 35.0 Å². The van der Waals surface area contributed by atoms with Gasteiger partial charge in [0.2, 0.25) is 0 Å². The third-order valence-electron chi connectivity index (χ3n) is 3.65. The van der Waals surface area contributed by atoms with E-state index in [1.807, 2.05) is 48.5 Å². The molecular weight excluding hydrogens is 326 g/mol. The van der Waals surface area contributed by atoms with Crippen LogP contribution in [0.15, 0.2) is 48.5 Å². The van der Waals surface area contributed by atoms with Crippen LogP contribution in [0.1, 0.15) is 18.9 Å². The third-order valence-corrected chi connectivity index (χ3v) is 3.90. The van der Waals surface area contributed by atoms with E-state index in [0.29, 0.717) is 13.0 Å². The molecule has 1 unspecified atom stereocenters. The van der Waals surface area contributed by atoms with Crippen LogP contribution in [-0.4, -0.2) is 24.2 Å². The normalized spacial score (nSPS) is 11.8. The highest BCUT2D eigenvalue weighted by molar-refractivity contribution is 6.30. The summed E-state index contributed by atoms with van der Waals surface area (Å²) in [6.07, 6.45) is 1.40. The summed E-state index contributed by atoms with van der Waals surface area (Å²) < 4.78 is 5.69. The molecule has 0 fully saturated rings. The molecule has 2 N–H and O–H groups in total. The van der Waals surface area contributed by atoms with Gasteiger partial charge in [-0.25, -0.2) is 0 Å². The predicted molar refractivity (Wildman–Crippen MR) is 97.0 cm³/mol. The number of hydrogen-bond donors (Lipinski definition) is 2. The quantitative estimate of drug-likeness (QED) is 0.656. The van der Waals surface area contributed by atoms with Crippen LogP contribution in [-0.2, 0) is 11.2 Å². The van der Waals surface area contributed by atoms with E-state index in [1.165, 1.54) is 0 Å². The van der Waals surface area contributed by atoms with Crippen LogP contribution in [0.5, 0.6) is 5.75 Å². The van der Waals surface area contributed by atoms with Crippen LogP contribution in [0, 0.1) is 5.92 Å². The second-order valence-electron chi connectivity index (χ2n) is 5.72. The van der Waals surface area contributed by atoms with Crippen LogP contribution in [0.4, 0.5) is 5.69 Å². The molecule has 0 aliphatic rings. The minimum absolute atomic E-state index is 0.379. The van der Waals surface area contributed by atoms with Gasteiger partial charge in [0.1, 0.15) is 5.75 Å². The lowest BCUT2D eigenvalue weighted by molar-refractivity contribution is -0.141. The summed E-state index contributed by atoms with van der Waals surface area (Å²) in [5.41, 5.74) is 2.04. The van der Waals surface area contributed by atoms with Gasteiger partial charge < -0.3 is 15.2 Å². The molecule has 2 aromatic carbocycles. The van der Waals surface area contributed by atoms with Gasteiger partial charge in [-0.15, -0.1) is 0 Å². The van der Waals surface area contributed by atoms with E-state index in [4.69, 9.17) is 21.4 Å². The lowest BCUT2D eigenvalue weighted by Crippen LogP contribution is -2.12. The first kappa shape index (κ1) is 18.1. The fraction of sp³-hybridized carbons (Fsp3) is 0.316. The van der Waals surface area contributed by atoms with Crippen molar-refractivity contribution in [2.45, 2.75) is 19.8 Å². The number of ether oxygens (including phenoxy) is 1. The molecule has 2 rings (SSSR count). The van der Waals surface area contributed by atoms with Crippen molar-refractivity contribution < 1.29 is 14.6 Å². The topological polar surface area (TPSA) is 58.6 Å². The summed E-state index contributed by atoms with van der Waals surface area (Å²) >= 11 is 5.84. The SMILES string of the molecule is CC(Cc1ccc(OCCCNc2ccc(Cl)cc2)cc1)C(=O)O. The Morgan fingerprint density at radius 3 is 2.46 bits per heavy atom. The lowest BCUT2D eigenvalue weighted by Gasteiger charge is -2.10. The number of carboxylic acids is 1. The molecule has 4 nitrogen and oxygen atoms in total. The molecule has 0 aliphatic carbocycles. The first-order chi connectivity index (χ1) is 11.5. The molecule has 0 radical (unpaired) electrons. The summed E-state index contributed by atoms with van der Waals surface area (Å²) in [6.45, 7) is 3.14. The first-order valence-electron chi connectivity index (χ1n) is 7.98. The number of aliphatic carboxylic acids is 1. The lowest BCUT2D eigenvalue weighted by atomic mass is 10.0. The molecule has 1 atom stereocenters. The average molecular weight is 348 g/mol. The van der Waals surface area contributed by atoms with Crippen LogP contribution in [0.2, 0.25) is 5.02 Å². The van der Waals surface area contributed by atoms with Gasteiger partial charge in [-0.2, -0.15) is 0 Å². The van der Waals surface area contributed by atoms with E-state index in [1.54, 1.807) is 6.92 Å². The maximum Gasteiger partial charge on any atom is 0.306 e. The highest BCUT2D eigenvalue weighted by Gasteiger charge is 2.11. The van der Waals surface area contributed by atoms with Gasteiger partial charge in [0.25, 0.3) is 0 Å². The molecule has 2 aromatic rings. The number of nitrogens with one attached hydrogen (secondary N) is 1. The highest BCUT2D eigenvalue weighted by atomic mass is 35.5. The Kier molecular flexibility index (Phi) is 6.94. The van der Waals surface area contributed by atoms with Crippen molar-refractivity contribution in [3.8, 4) is 5.75 Å². The number of anilines is 1. The van der Waals surface area contributed by atoms with Crippen molar-refractivity contribution in [2.75, 3.05) is 18.5 Å². The number of benzene rings is 2. The molecule has 0 spiro atoms. The molecule has 128 valence electrons. The molecule has 0 saturated heterocycles. The zero-order valence-corrected chi connectivity index (χ0v) is 14.4. The maximum absolute atomic E-state index is 10.9. The van der Waals surface area contributed by atoms with Crippen molar-refractivity contribution in [2.24, 2.45) is 5.92 Å². The van der Waals surface area contributed by atoms with E-state index in [9.17, 15) is 4.79 Å². The molecule has 0 bridgehead atoms. The van der Waals surface area contributed by atoms with Crippen molar-refractivity contribution in [1.82, 2.24) is 0 Å². The van der Waals surface area contributed by atoms with E-state index >= 15 is 0 Å². The number of carbonyl (C=O) groups is 1. The average Bonchev–Trinajstić information content (AvgIpc) is 2.57. The Balaban J connectivity index is 1.67. The maximum atomic E-state index is 10.9. The van der Waals surface area contributed by atoms with Gasteiger partial charge in [-0.3, -0.25) is 4.79 Å². The van der Waals surface area contributed by atoms with E-state index < -0.39 is 5.97 Å². The first-order valence-corrected chi connectivity index (χ1v) is 8.36. The zero-order valence-electron chi connectivity index (χ0n) is 13.7. The van der Waals surface area contributed by atoms with Gasteiger partial charge in [0, 0.05) is 17.3 Å². The van der Waals surface area contributed by atoms with Crippen LogP contribution in [0.25, 0.3) is 0 Å². The van der Waals surface area contributed by atoms with Crippen LogP contribution >= 0.6 is 11.6 Å². The fourth-order valence-electron chi connectivity index (χ4n) is 2.23. The number of rotatable bonds is 9. The standard InChI is InChI=1S/C19H22ClNO3/c1-14(19(22)23)13-15-3-9-18(10-4-15)24-12-2-11-21-17-7-5-16(20)6-8-17/h3-10,14,21H,2,11-13H2,1H3,(H,22,23). The summed E-state index contributed by atoms with van der Waals surface area (Å²) in [6, 6.07) is 15.2. The number of hydrogen-bond acceptors (Lipinski definition) is 3. The molecule has 5 heteroatoms. The summed E-state index contributed by atoms with van der Waals surface area (Å²) in [5, 5.41) is 13.0. The number of halogens is 1. The minimum Gasteiger partial charge on any atom is -0.494 e. The highest BCUT2D eigenvalue weighted by Crippen LogP contribution is 2.16. The predicted octanol–water partition coefficient (Wildman–Crippen LogP) is 4.48. The molecule has 24 heavy (non-hydrogen) atoms. The van der Waals surface area contributed by atoms with Gasteiger partial charge >= 0.3 is 5.97 Å². The zero-order chi connectivity index (χ0) is 17.4. The number of carboxylic acid groups (broad SMARTS) is 1. The third kappa shape index (κ3) is 6.13. The molecule has 0 amide bonds.